The summed E-state index contributed by atoms with van der Waals surface area (Å²) in [5.74, 6) is -1.00. The second kappa shape index (κ2) is 11.2. The van der Waals surface area contributed by atoms with Crippen molar-refractivity contribution in [2.45, 2.75) is 6.42 Å². The van der Waals surface area contributed by atoms with Crippen LogP contribution in [0.25, 0.3) is 6.08 Å². The average molecular weight is 557 g/mol. The van der Waals surface area contributed by atoms with E-state index in [0.29, 0.717) is 44.7 Å². The molecule has 1 aliphatic rings. The number of carbonyl (C=O) groups excluding carboxylic acids is 3. The van der Waals surface area contributed by atoms with Crippen molar-refractivity contribution in [3.8, 4) is 5.75 Å². The fourth-order valence-electron chi connectivity index (χ4n) is 4.41. The Balaban J connectivity index is 1.60. The molecule has 0 radical (unpaired) electrons. The number of hydrogen-bond donors (Lipinski definition) is 0. The van der Waals surface area contributed by atoms with Crippen molar-refractivity contribution in [1.29, 1.82) is 0 Å². The maximum absolute atomic E-state index is 13.6. The van der Waals surface area contributed by atoms with Gasteiger partial charge in [-0.05, 0) is 59.7 Å². The molecule has 0 N–H and O–H groups in total. The topological polar surface area (TPSA) is 66.9 Å². The number of hydrogen-bond acceptors (Lipinski definition) is 4. The Morgan fingerprint density at radius 3 is 1.79 bits per heavy atom. The van der Waals surface area contributed by atoms with Gasteiger partial charge in [-0.1, -0.05) is 77.8 Å². The highest BCUT2D eigenvalue weighted by Gasteiger charge is 2.43. The Morgan fingerprint density at radius 2 is 1.26 bits per heavy atom. The standard InChI is InChI=1S/C31H22Cl2N2O4/c1-39-28-18-20(17-27(33)24(28)19-21-10-8-9-15-26(21)32)16-25-29(36)34(22-11-4-2-5-12-22)31(38)35(30(25)37)23-13-6-3-7-14-23/h2-18H,19H2,1H3. The second-order valence-electron chi connectivity index (χ2n) is 8.74. The Labute approximate surface area is 235 Å². The summed E-state index contributed by atoms with van der Waals surface area (Å²) >= 11 is 13.0. The fourth-order valence-corrected chi connectivity index (χ4v) is 4.89. The van der Waals surface area contributed by atoms with Gasteiger partial charge in [0.25, 0.3) is 11.8 Å². The number of carbonyl (C=O) groups is 3. The monoisotopic (exact) mass is 556 g/mol. The number of ether oxygens (including phenoxy) is 1. The molecule has 0 aliphatic carbocycles. The minimum atomic E-state index is -0.759. The normalized spacial score (nSPS) is 13.6. The maximum atomic E-state index is 13.6. The number of para-hydroxylation sites is 2. The van der Waals surface area contributed by atoms with Crippen molar-refractivity contribution in [3.63, 3.8) is 0 Å². The molecular weight excluding hydrogens is 535 g/mol. The van der Waals surface area contributed by atoms with Crippen LogP contribution in [0.3, 0.4) is 0 Å². The zero-order valence-electron chi connectivity index (χ0n) is 20.8. The van der Waals surface area contributed by atoms with Gasteiger partial charge < -0.3 is 4.74 Å². The van der Waals surface area contributed by atoms with E-state index < -0.39 is 17.8 Å². The number of nitrogens with zero attached hydrogens (tertiary/aromatic N) is 2. The number of amides is 4. The molecular formula is C31H22Cl2N2O4. The summed E-state index contributed by atoms with van der Waals surface area (Å²) in [5, 5.41) is 0.986. The zero-order chi connectivity index (χ0) is 27.5. The third-order valence-electron chi connectivity index (χ3n) is 6.31. The van der Waals surface area contributed by atoms with Gasteiger partial charge in [0.15, 0.2) is 0 Å². The highest BCUT2D eigenvalue weighted by atomic mass is 35.5. The summed E-state index contributed by atoms with van der Waals surface area (Å²) < 4.78 is 5.62. The molecule has 0 unspecified atom stereocenters. The quantitative estimate of drug-likeness (QED) is 0.186. The third kappa shape index (κ3) is 5.17. The maximum Gasteiger partial charge on any atom is 0.343 e. The van der Waals surface area contributed by atoms with E-state index in [-0.39, 0.29) is 5.57 Å². The number of halogens is 2. The molecule has 0 bridgehead atoms. The van der Waals surface area contributed by atoms with Gasteiger partial charge in [0.05, 0.1) is 18.5 Å². The number of methoxy groups -OCH3 is 1. The largest absolute Gasteiger partial charge is 0.496 e. The van der Waals surface area contributed by atoms with Crippen LogP contribution in [0.5, 0.6) is 5.75 Å². The molecule has 4 aromatic rings. The minimum absolute atomic E-state index is 0.195. The number of urea groups is 1. The van der Waals surface area contributed by atoms with Crippen molar-refractivity contribution in [1.82, 2.24) is 0 Å². The predicted octanol–water partition coefficient (Wildman–Crippen LogP) is 7.18. The molecule has 194 valence electrons. The van der Waals surface area contributed by atoms with Crippen LogP contribution in [0.4, 0.5) is 16.2 Å². The molecule has 0 atom stereocenters. The molecule has 1 fully saturated rings. The lowest BCUT2D eigenvalue weighted by Crippen LogP contribution is -2.57. The molecule has 39 heavy (non-hydrogen) atoms. The molecule has 0 aromatic heterocycles. The molecule has 4 aromatic carbocycles. The highest BCUT2D eigenvalue weighted by Crippen LogP contribution is 2.35. The molecule has 8 heteroatoms. The van der Waals surface area contributed by atoms with Gasteiger partial charge in [-0.3, -0.25) is 9.59 Å². The van der Waals surface area contributed by atoms with Crippen molar-refractivity contribution in [2.24, 2.45) is 0 Å². The Morgan fingerprint density at radius 1 is 0.718 bits per heavy atom. The van der Waals surface area contributed by atoms with E-state index in [1.165, 1.54) is 13.2 Å². The van der Waals surface area contributed by atoms with Gasteiger partial charge in [0.1, 0.15) is 11.3 Å². The minimum Gasteiger partial charge on any atom is -0.496 e. The van der Waals surface area contributed by atoms with Gasteiger partial charge >= 0.3 is 6.03 Å². The zero-order valence-corrected chi connectivity index (χ0v) is 22.3. The molecule has 6 nitrogen and oxygen atoms in total. The molecule has 1 aliphatic heterocycles. The van der Waals surface area contributed by atoms with Crippen LogP contribution in [0.1, 0.15) is 16.7 Å². The number of benzene rings is 4. The molecule has 0 saturated carbocycles. The van der Waals surface area contributed by atoms with E-state index in [1.54, 1.807) is 78.9 Å². The number of rotatable bonds is 6. The lowest BCUT2D eigenvalue weighted by Gasteiger charge is -2.34. The van der Waals surface area contributed by atoms with Crippen LogP contribution in [0, 0.1) is 0 Å². The SMILES string of the molecule is COc1cc(C=C2C(=O)N(c3ccccc3)C(=O)N(c3ccccc3)C2=O)cc(Cl)c1Cc1ccccc1Cl. The lowest BCUT2D eigenvalue weighted by molar-refractivity contribution is -0.121. The van der Waals surface area contributed by atoms with Crippen LogP contribution in [0.2, 0.25) is 10.0 Å². The van der Waals surface area contributed by atoms with Gasteiger partial charge in [-0.25, -0.2) is 14.6 Å². The van der Waals surface area contributed by atoms with Crippen LogP contribution >= 0.6 is 23.2 Å². The fraction of sp³-hybridized carbons (Fsp3) is 0.0645. The van der Waals surface area contributed by atoms with Crippen LogP contribution in [0.15, 0.2) is 103 Å². The summed E-state index contributed by atoms with van der Waals surface area (Å²) in [6, 6.07) is 27.0. The third-order valence-corrected chi connectivity index (χ3v) is 7.02. The van der Waals surface area contributed by atoms with Crippen LogP contribution in [-0.2, 0) is 16.0 Å². The van der Waals surface area contributed by atoms with E-state index >= 15 is 0 Å². The van der Waals surface area contributed by atoms with Gasteiger partial charge in [0.2, 0.25) is 0 Å². The summed E-state index contributed by atoms with van der Waals surface area (Å²) in [5.41, 5.74) is 2.54. The van der Waals surface area contributed by atoms with Crippen molar-refractivity contribution >= 4 is 58.5 Å². The molecule has 4 amide bonds. The molecule has 1 saturated heterocycles. The van der Waals surface area contributed by atoms with E-state index in [2.05, 4.69) is 0 Å². The average Bonchev–Trinajstić information content (AvgIpc) is 2.94. The second-order valence-corrected chi connectivity index (χ2v) is 9.56. The van der Waals surface area contributed by atoms with Gasteiger partial charge in [0, 0.05) is 22.0 Å². The molecule has 1 heterocycles. The van der Waals surface area contributed by atoms with Crippen LogP contribution in [-0.4, -0.2) is 25.0 Å². The first-order valence-corrected chi connectivity index (χ1v) is 12.8. The van der Waals surface area contributed by atoms with Crippen molar-refractivity contribution in [2.75, 3.05) is 16.9 Å². The van der Waals surface area contributed by atoms with Gasteiger partial charge in [-0.15, -0.1) is 0 Å². The summed E-state index contributed by atoms with van der Waals surface area (Å²) in [7, 11) is 1.52. The number of anilines is 2. The van der Waals surface area contributed by atoms with Crippen molar-refractivity contribution < 1.29 is 19.1 Å². The number of imide groups is 2. The highest BCUT2D eigenvalue weighted by molar-refractivity contribution is 6.46. The first-order valence-electron chi connectivity index (χ1n) is 12.0. The van der Waals surface area contributed by atoms with E-state index in [4.69, 9.17) is 27.9 Å². The smallest absolute Gasteiger partial charge is 0.343 e. The Kier molecular flexibility index (Phi) is 7.50. The van der Waals surface area contributed by atoms with E-state index in [1.807, 2.05) is 18.2 Å². The van der Waals surface area contributed by atoms with Crippen molar-refractivity contribution in [3.05, 3.63) is 129 Å². The van der Waals surface area contributed by atoms with Gasteiger partial charge in [-0.2, -0.15) is 0 Å². The number of barbiturate groups is 1. The summed E-state index contributed by atoms with van der Waals surface area (Å²) in [6.45, 7) is 0. The lowest BCUT2D eigenvalue weighted by atomic mass is 10.00. The van der Waals surface area contributed by atoms with E-state index in [9.17, 15) is 14.4 Å². The summed E-state index contributed by atoms with van der Waals surface area (Å²) in [6.07, 6.45) is 1.85. The Hall–Kier alpha value is -4.39. The summed E-state index contributed by atoms with van der Waals surface area (Å²) in [4.78, 5) is 42.7. The molecule has 0 spiro atoms. The predicted molar refractivity (Wildman–Crippen MR) is 153 cm³/mol. The van der Waals surface area contributed by atoms with E-state index in [0.717, 1.165) is 15.4 Å². The first kappa shape index (κ1) is 26.2. The van der Waals surface area contributed by atoms with Crippen LogP contribution < -0.4 is 14.5 Å². The molecule has 5 rings (SSSR count). The Bertz CT molecular complexity index is 1540. The first-order chi connectivity index (χ1) is 18.9.